The SMILES string of the molecule is Cc1c(Cl)cccc1C(=O)N1CCC[C@@H](N)C1.Cl. The smallest absolute Gasteiger partial charge is 0.254 e. The zero-order valence-corrected chi connectivity index (χ0v) is 11.9. The molecule has 3 nitrogen and oxygen atoms in total. The molecule has 1 heterocycles. The van der Waals surface area contributed by atoms with Crippen molar-refractivity contribution in [3.8, 4) is 0 Å². The normalized spacial score (nSPS) is 19.3. The van der Waals surface area contributed by atoms with Crippen LogP contribution in [0.1, 0.15) is 28.8 Å². The second-order valence-electron chi connectivity index (χ2n) is 4.57. The molecule has 0 bridgehead atoms. The van der Waals surface area contributed by atoms with Gasteiger partial charge in [-0.3, -0.25) is 4.79 Å². The highest BCUT2D eigenvalue weighted by molar-refractivity contribution is 6.31. The molecule has 0 spiro atoms. The van der Waals surface area contributed by atoms with Crippen LogP contribution in [0.25, 0.3) is 0 Å². The first-order valence-electron chi connectivity index (χ1n) is 5.89. The number of piperidine rings is 1. The molecule has 1 aromatic carbocycles. The van der Waals surface area contributed by atoms with Gasteiger partial charge in [0.1, 0.15) is 0 Å². The minimum absolute atomic E-state index is 0. The van der Waals surface area contributed by atoms with Gasteiger partial charge in [0.2, 0.25) is 0 Å². The highest BCUT2D eigenvalue weighted by atomic mass is 35.5. The summed E-state index contributed by atoms with van der Waals surface area (Å²) in [6, 6.07) is 5.54. The fraction of sp³-hybridized carbons (Fsp3) is 0.462. The largest absolute Gasteiger partial charge is 0.337 e. The molecule has 18 heavy (non-hydrogen) atoms. The van der Waals surface area contributed by atoms with Crippen LogP contribution in [0, 0.1) is 6.92 Å². The summed E-state index contributed by atoms with van der Waals surface area (Å²) >= 11 is 6.03. The third-order valence-corrected chi connectivity index (χ3v) is 3.65. The van der Waals surface area contributed by atoms with E-state index in [9.17, 15) is 4.79 Å². The van der Waals surface area contributed by atoms with E-state index in [0.29, 0.717) is 17.1 Å². The van der Waals surface area contributed by atoms with Gasteiger partial charge in [-0.2, -0.15) is 0 Å². The van der Waals surface area contributed by atoms with Gasteiger partial charge in [0.05, 0.1) is 0 Å². The van der Waals surface area contributed by atoms with Crippen LogP contribution in [0.4, 0.5) is 0 Å². The Morgan fingerprint density at radius 3 is 2.89 bits per heavy atom. The second-order valence-corrected chi connectivity index (χ2v) is 4.97. The van der Waals surface area contributed by atoms with Gasteiger partial charge in [0, 0.05) is 29.7 Å². The van der Waals surface area contributed by atoms with Crippen LogP contribution in [0.3, 0.4) is 0 Å². The van der Waals surface area contributed by atoms with E-state index in [1.54, 1.807) is 6.07 Å². The number of nitrogens with zero attached hydrogens (tertiary/aromatic N) is 1. The summed E-state index contributed by atoms with van der Waals surface area (Å²) in [5.74, 6) is 0.0418. The van der Waals surface area contributed by atoms with E-state index in [0.717, 1.165) is 24.9 Å². The van der Waals surface area contributed by atoms with Gasteiger partial charge < -0.3 is 10.6 Å². The first-order valence-corrected chi connectivity index (χ1v) is 6.27. The molecule has 0 radical (unpaired) electrons. The molecule has 1 amide bonds. The lowest BCUT2D eigenvalue weighted by Crippen LogP contribution is -2.45. The Morgan fingerprint density at radius 2 is 2.22 bits per heavy atom. The van der Waals surface area contributed by atoms with Crippen molar-refractivity contribution < 1.29 is 4.79 Å². The number of amides is 1. The van der Waals surface area contributed by atoms with Gasteiger partial charge in [0.15, 0.2) is 0 Å². The molecular formula is C13H18Cl2N2O. The van der Waals surface area contributed by atoms with Crippen molar-refractivity contribution in [2.24, 2.45) is 5.73 Å². The summed E-state index contributed by atoms with van der Waals surface area (Å²) in [5.41, 5.74) is 7.42. The monoisotopic (exact) mass is 288 g/mol. The zero-order chi connectivity index (χ0) is 12.4. The van der Waals surface area contributed by atoms with E-state index in [1.165, 1.54) is 0 Å². The molecule has 1 saturated heterocycles. The van der Waals surface area contributed by atoms with E-state index >= 15 is 0 Å². The van der Waals surface area contributed by atoms with Crippen molar-refractivity contribution in [2.45, 2.75) is 25.8 Å². The minimum Gasteiger partial charge on any atom is -0.337 e. The number of benzene rings is 1. The highest BCUT2D eigenvalue weighted by Gasteiger charge is 2.23. The standard InChI is InChI=1S/C13H17ClN2O.ClH/c1-9-11(5-2-6-12(9)14)13(17)16-7-3-4-10(15)8-16;/h2,5-6,10H,3-4,7-8,15H2,1H3;1H/t10-;/m1./s1. The Balaban J connectivity index is 0.00000162. The average molecular weight is 289 g/mol. The minimum atomic E-state index is 0. The van der Waals surface area contributed by atoms with E-state index in [2.05, 4.69) is 0 Å². The van der Waals surface area contributed by atoms with Gasteiger partial charge in [-0.05, 0) is 37.5 Å². The van der Waals surface area contributed by atoms with Crippen molar-refractivity contribution in [2.75, 3.05) is 13.1 Å². The summed E-state index contributed by atoms with van der Waals surface area (Å²) in [6.07, 6.45) is 1.98. The molecule has 1 aromatic rings. The zero-order valence-electron chi connectivity index (χ0n) is 10.4. The maximum Gasteiger partial charge on any atom is 0.254 e. The summed E-state index contributed by atoms with van der Waals surface area (Å²) in [4.78, 5) is 14.2. The van der Waals surface area contributed by atoms with Crippen LogP contribution in [0.15, 0.2) is 18.2 Å². The Kier molecular flexibility index (Phi) is 5.45. The van der Waals surface area contributed by atoms with Crippen LogP contribution < -0.4 is 5.73 Å². The van der Waals surface area contributed by atoms with Crippen molar-refractivity contribution in [3.63, 3.8) is 0 Å². The van der Waals surface area contributed by atoms with Gasteiger partial charge in [-0.15, -0.1) is 12.4 Å². The first kappa shape index (κ1) is 15.3. The number of likely N-dealkylation sites (tertiary alicyclic amines) is 1. The summed E-state index contributed by atoms with van der Waals surface area (Å²) < 4.78 is 0. The van der Waals surface area contributed by atoms with Crippen LogP contribution in [0.2, 0.25) is 5.02 Å². The molecule has 1 fully saturated rings. The number of halogens is 2. The Bertz CT molecular complexity index is 437. The van der Waals surface area contributed by atoms with E-state index in [4.69, 9.17) is 17.3 Å². The van der Waals surface area contributed by atoms with E-state index < -0.39 is 0 Å². The topological polar surface area (TPSA) is 46.3 Å². The predicted molar refractivity (Wildman–Crippen MR) is 76.5 cm³/mol. The van der Waals surface area contributed by atoms with Crippen molar-refractivity contribution >= 4 is 29.9 Å². The van der Waals surface area contributed by atoms with Gasteiger partial charge in [-0.1, -0.05) is 17.7 Å². The third kappa shape index (κ3) is 3.16. The molecular weight excluding hydrogens is 271 g/mol. The fourth-order valence-corrected chi connectivity index (χ4v) is 2.38. The van der Waals surface area contributed by atoms with E-state index in [1.807, 2.05) is 24.0 Å². The molecule has 2 rings (SSSR count). The van der Waals surface area contributed by atoms with Crippen LogP contribution >= 0.6 is 24.0 Å². The number of carbonyl (C=O) groups is 1. The number of hydrogen-bond acceptors (Lipinski definition) is 2. The molecule has 2 N–H and O–H groups in total. The lowest BCUT2D eigenvalue weighted by molar-refractivity contribution is 0.0708. The Labute approximate surface area is 119 Å². The molecule has 1 atom stereocenters. The van der Waals surface area contributed by atoms with Crippen LogP contribution in [-0.4, -0.2) is 29.9 Å². The summed E-state index contributed by atoms with van der Waals surface area (Å²) in [5, 5.41) is 0.636. The van der Waals surface area contributed by atoms with Gasteiger partial charge >= 0.3 is 0 Å². The van der Waals surface area contributed by atoms with Gasteiger partial charge in [0.25, 0.3) is 5.91 Å². The average Bonchev–Trinajstić information content (AvgIpc) is 2.32. The maximum atomic E-state index is 12.3. The summed E-state index contributed by atoms with van der Waals surface area (Å²) in [6.45, 7) is 3.31. The molecule has 0 aliphatic carbocycles. The van der Waals surface area contributed by atoms with Crippen LogP contribution in [-0.2, 0) is 0 Å². The van der Waals surface area contributed by atoms with Crippen molar-refractivity contribution in [1.82, 2.24) is 4.90 Å². The lowest BCUT2D eigenvalue weighted by atomic mass is 10.0. The molecule has 0 unspecified atom stereocenters. The van der Waals surface area contributed by atoms with Gasteiger partial charge in [-0.25, -0.2) is 0 Å². The number of rotatable bonds is 1. The maximum absolute atomic E-state index is 12.3. The molecule has 5 heteroatoms. The fourth-order valence-electron chi connectivity index (χ4n) is 2.20. The molecule has 1 aliphatic rings. The number of carbonyl (C=O) groups excluding carboxylic acids is 1. The molecule has 1 aliphatic heterocycles. The van der Waals surface area contributed by atoms with Crippen molar-refractivity contribution in [3.05, 3.63) is 34.3 Å². The number of nitrogens with two attached hydrogens (primary N) is 1. The summed E-state index contributed by atoms with van der Waals surface area (Å²) in [7, 11) is 0. The highest BCUT2D eigenvalue weighted by Crippen LogP contribution is 2.21. The molecule has 100 valence electrons. The van der Waals surface area contributed by atoms with Crippen LogP contribution in [0.5, 0.6) is 0 Å². The first-order chi connectivity index (χ1) is 8.09. The Hall–Kier alpha value is -0.770. The Morgan fingerprint density at radius 1 is 1.50 bits per heavy atom. The van der Waals surface area contributed by atoms with Crippen molar-refractivity contribution in [1.29, 1.82) is 0 Å². The third-order valence-electron chi connectivity index (χ3n) is 3.24. The molecule has 0 aromatic heterocycles. The predicted octanol–water partition coefficient (Wildman–Crippen LogP) is 2.63. The second kappa shape index (κ2) is 6.41. The quantitative estimate of drug-likeness (QED) is 0.864. The molecule has 0 saturated carbocycles. The van der Waals surface area contributed by atoms with E-state index in [-0.39, 0.29) is 24.4 Å². The lowest BCUT2D eigenvalue weighted by Gasteiger charge is -2.31. The number of hydrogen-bond donors (Lipinski definition) is 1.